The van der Waals surface area contributed by atoms with Gasteiger partial charge in [0.2, 0.25) is 5.91 Å². The van der Waals surface area contributed by atoms with Crippen molar-refractivity contribution in [3.05, 3.63) is 52.9 Å². The van der Waals surface area contributed by atoms with Crippen LogP contribution in [0.5, 0.6) is 0 Å². The third kappa shape index (κ3) is 6.16. The van der Waals surface area contributed by atoms with Gasteiger partial charge in [-0.1, -0.05) is 49.9 Å². The maximum Gasteiger partial charge on any atom is 0.269 e. The van der Waals surface area contributed by atoms with E-state index in [2.05, 4.69) is 22.1 Å². The van der Waals surface area contributed by atoms with Crippen LogP contribution in [0, 0.1) is 16.0 Å². The summed E-state index contributed by atoms with van der Waals surface area (Å²) in [5.74, 6) is 1.69. The molecule has 0 saturated heterocycles. The Bertz CT molecular complexity index is 875. The van der Waals surface area contributed by atoms with Gasteiger partial charge in [-0.3, -0.25) is 14.9 Å². The van der Waals surface area contributed by atoms with Crippen LogP contribution in [0.15, 0.2) is 42.1 Å². The lowest BCUT2D eigenvalue weighted by atomic mass is 9.86. The highest BCUT2D eigenvalue weighted by molar-refractivity contribution is 7.99. The number of non-ortho nitro benzene ring substituents is 1. The van der Waals surface area contributed by atoms with Gasteiger partial charge in [0.15, 0.2) is 5.16 Å². The number of allylic oxidation sites excluding steroid dienone is 1. The number of amides is 1. The highest BCUT2D eigenvalue weighted by Crippen LogP contribution is 2.28. The second-order valence-electron chi connectivity index (χ2n) is 7.48. The first-order valence-corrected chi connectivity index (χ1v) is 11.3. The second-order valence-corrected chi connectivity index (χ2v) is 8.42. The molecule has 0 spiro atoms. The van der Waals surface area contributed by atoms with Crippen molar-refractivity contribution < 1.29 is 9.72 Å². The number of aromatic nitrogens is 3. The second kappa shape index (κ2) is 10.9. The molecule has 0 aliphatic heterocycles. The molecule has 1 saturated carbocycles. The maximum atomic E-state index is 12.3. The Hall–Kier alpha value is -2.68. The molecule has 2 aromatic rings. The first-order chi connectivity index (χ1) is 14.6. The number of carbonyl (C=O) groups excluding carboxylic acids is 1. The zero-order valence-electron chi connectivity index (χ0n) is 17.0. The summed E-state index contributed by atoms with van der Waals surface area (Å²) >= 11 is 1.33. The highest BCUT2D eigenvalue weighted by atomic mass is 32.2. The molecule has 0 atom stereocenters. The summed E-state index contributed by atoms with van der Waals surface area (Å²) in [5, 5.41) is 22.8. The van der Waals surface area contributed by atoms with Gasteiger partial charge in [-0.15, -0.1) is 16.8 Å². The summed E-state index contributed by atoms with van der Waals surface area (Å²) in [4.78, 5) is 22.5. The van der Waals surface area contributed by atoms with E-state index in [1.54, 1.807) is 0 Å². The van der Waals surface area contributed by atoms with Crippen LogP contribution in [-0.2, 0) is 17.8 Å². The number of anilines is 1. The number of aryl methyl sites for hydroxylation is 1. The van der Waals surface area contributed by atoms with Gasteiger partial charge in [-0.25, -0.2) is 0 Å². The Balaban J connectivity index is 1.54. The molecule has 0 radical (unpaired) electrons. The number of nitrogens with one attached hydrogen (secondary N) is 1. The molecule has 1 heterocycles. The van der Waals surface area contributed by atoms with E-state index in [0.717, 1.165) is 24.6 Å². The van der Waals surface area contributed by atoms with Gasteiger partial charge in [0, 0.05) is 30.8 Å². The summed E-state index contributed by atoms with van der Waals surface area (Å²) in [7, 11) is 0. The van der Waals surface area contributed by atoms with Gasteiger partial charge in [-0.2, -0.15) is 0 Å². The number of nitrogens with zero attached hydrogens (tertiary/aromatic N) is 4. The van der Waals surface area contributed by atoms with Crippen molar-refractivity contribution >= 4 is 29.0 Å². The molecule has 3 rings (SSSR count). The van der Waals surface area contributed by atoms with E-state index in [-0.39, 0.29) is 17.3 Å². The van der Waals surface area contributed by atoms with Crippen LogP contribution in [0.3, 0.4) is 0 Å². The standard InChI is InChI=1S/C21H27N5O3S/c1-2-14-25-19(13-8-16-6-4-3-5-7-16)23-24-21(25)30-15-20(27)22-17-9-11-18(12-10-17)26(28)29/h2,9-12,16H,1,3-8,13-15H2,(H,22,27). The van der Waals surface area contributed by atoms with Crippen molar-refractivity contribution in [1.82, 2.24) is 14.8 Å². The fourth-order valence-corrected chi connectivity index (χ4v) is 4.49. The van der Waals surface area contributed by atoms with Gasteiger partial charge in [0.05, 0.1) is 10.7 Å². The normalized spacial score (nSPS) is 14.4. The summed E-state index contributed by atoms with van der Waals surface area (Å²) < 4.78 is 2.03. The number of rotatable bonds is 10. The quantitative estimate of drug-likeness (QED) is 0.256. The molecule has 1 N–H and O–H groups in total. The van der Waals surface area contributed by atoms with Crippen LogP contribution in [0.1, 0.15) is 44.3 Å². The van der Waals surface area contributed by atoms with Gasteiger partial charge in [0.1, 0.15) is 5.82 Å². The van der Waals surface area contributed by atoms with E-state index in [1.807, 2.05) is 10.6 Å². The molecule has 0 bridgehead atoms. The zero-order chi connectivity index (χ0) is 21.3. The molecule has 1 aliphatic carbocycles. The van der Waals surface area contributed by atoms with Crippen molar-refractivity contribution in [2.75, 3.05) is 11.1 Å². The van der Waals surface area contributed by atoms with Crippen LogP contribution in [-0.4, -0.2) is 31.3 Å². The van der Waals surface area contributed by atoms with Crippen LogP contribution in [0.25, 0.3) is 0 Å². The molecular weight excluding hydrogens is 402 g/mol. The van der Waals surface area contributed by atoms with Crippen molar-refractivity contribution in [1.29, 1.82) is 0 Å². The molecule has 0 unspecified atom stereocenters. The van der Waals surface area contributed by atoms with E-state index in [9.17, 15) is 14.9 Å². The van der Waals surface area contributed by atoms with Gasteiger partial charge < -0.3 is 9.88 Å². The van der Waals surface area contributed by atoms with E-state index >= 15 is 0 Å². The largest absolute Gasteiger partial charge is 0.325 e. The van der Waals surface area contributed by atoms with Crippen molar-refractivity contribution in [2.45, 2.75) is 56.6 Å². The van der Waals surface area contributed by atoms with Gasteiger partial charge in [-0.05, 0) is 24.5 Å². The molecule has 30 heavy (non-hydrogen) atoms. The number of hydrogen-bond acceptors (Lipinski definition) is 6. The van der Waals surface area contributed by atoms with E-state index in [1.165, 1.54) is 68.1 Å². The highest BCUT2D eigenvalue weighted by Gasteiger charge is 2.17. The number of benzene rings is 1. The maximum absolute atomic E-state index is 12.3. The number of thioether (sulfide) groups is 1. The van der Waals surface area contributed by atoms with Crippen molar-refractivity contribution in [2.24, 2.45) is 5.92 Å². The van der Waals surface area contributed by atoms with E-state index in [0.29, 0.717) is 17.4 Å². The minimum atomic E-state index is -0.472. The molecule has 9 heteroatoms. The Morgan fingerprint density at radius 2 is 2.00 bits per heavy atom. The molecule has 1 aromatic heterocycles. The molecule has 160 valence electrons. The minimum absolute atomic E-state index is 0.0133. The van der Waals surface area contributed by atoms with Crippen molar-refractivity contribution in [3.63, 3.8) is 0 Å². The molecule has 1 amide bonds. The summed E-state index contributed by atoms with van der Waals surface area (Å²) in [6.45, 7) is 4.44. The Kier molecular flexibility index (Phi) is 8.01. The lowest BCUT2D eigenvalue weighted by molar-refractivity contribution is -0.384. The van der Waals surface area contributed by atoms with E-state index in [4.69, 9.17) is 0 Å². The molecule has 8 nitrogen and oxygen atoms in total. The van der Waals surface area contributed by atoms with Crippen LogP contribution in [0.2, 0.25) is 0 Å². The fraction of sp³-hybridized carbons (Fsp3) is 0.476. The third-order valence-corrected chi connectivity index (χ3v) is 6.27. The Morgan fingerprint density at radius 3 is 2.67 bits per heavy atom. The molecule has 1 aliphatic rings. The van der Waals surface area contributed by atoms with Crippen molar-refractivity contribution in [3.8, 4) is 0 Å². The predicted octanol–water partition coefficient (Wildman–Crippen LogP) is 4.62. The number of hydrogen-bond donors (Lipinski definition) is 1. The average Bonchev–Trinajstić information content (AvgIpc) is 3.14. The summed E-state index contributed by atoms with van der Waals surface area (Å²) in [5.41, 5.74) is 0.507. The number of nitro benzene ring substituents is 1. The topological polar surface area (TPSA) is 103 Å². The number of carbonyl (C=O) groups is 1. The summed E-state index contributed by atoms with van der Waals surface area (Å²) in [6.07, 6.45) is 10.5. The molecular formula is C21H27N5O3S. The van der Waals surface area contributed by atoms with Crippen LogP contribution < -0.4 is 5.32 Å². The third-order valence-electron chi connectivity index (χ3n) is 5.30. The molecule has 1 fully saturated rings. The van der Waals surface area contributed by atoms with E-state index < -0.39 is 4.92 Å². The first kappa shape index (κ1) is 22.0. The monoisotopic (exact) mass is 429 g/mol. The smallest absolute Gasteiger partial charge is 0.269 e. The Morgan fingerprint density at radius 1 is 1.27 bits per heavy atom. The predicted molar refractivity (Wildman–Crippen MR) is 118 cm³/mol. The van der Waals surface area contributed by atoms with Crippen LogP contribution >= 0.6 is 11.8 Å². The lowest BCUT2D eigenvalue weighted by Crippen LogP contribution is -2.15. The average molecular weight is 430 g/mol. The Labute approximate surface area is 180 Å². The lowest BCUT2D eigenvalue weighted by Gasteiger charge is -2.21. The zero-order valence-corrected chi connectivity index (χ0v) is 17.8. The molecule has 1 aromatic carbocycles. The van der Waals surface area contributed by atoms with Gasteiger partial charge in [0.25, 0.3) is 5.69 Å². The fourth-order valence-electron chi connectivity index (χ4n) is 3.73. The SMILES string of the molecule is C=CCn1c(CCC2CCCCC2)nnc1SCC(=O)Nc1ccc([N+](=O)[O-])cc1. The number of nitro groups is 1. The first-order valence-electron chi connectivity index (χ1n) is 10.3. The summed E-state index contributed by atoms with van der Waals surface area (Å²) in [6, 6.07) is 5.76. The minimum Gasteiger partial charge on any atom is -0.325 e. The van der Waals surface area contributed by atoms with Gasteiger partial charge >= 0.3 is 0 Å². The van der Waals surface area contributed by atoms with Crippen LogP contribution in [0.4, 0.5) is 11.4 Å².